The van der Waals surface area contributed by atoms with Crippen LogP contribution in [-0.4, -0.2) is 19.3 Å². The predicted molar refractivity (Wildman–Crippen MR) is 50.1 cm³/mol. The third kappa shape index (κ3) is 1.96. The van der Waals surface area contributed by atoms with Crippen LogP contribution < -0.4 is 9.47 Å². The van der Waals surface area contributed by atoms with Crippen molar-refractivity contribution in [2.24, 2.45) is 0 Å². The highest BCUT2D eigenvalue weighted by Gasteiger charge is 2.13. The molecule has 0 amide bonds. The summed E-state index contributed by atoms with van der Waals surface area (Å²) in [5.74, 6) is 0.219. The van der Waals surface area contributed by atoms with Crippen LogP contribution in [0.15, 0.2) is 12.1 Å². The summed E-state index contributed by atoms with van der Waals surface area (Å²) in [5.41, 5.74) is 0.197. The lowest BCUT2D eigenvalue weighted by atomic mass is 10.1. The fourth-order valence-electron chi connectivity index (χ4n) is 1.19. The number of rotatable bonds is 3. The molecule has 3 nitrogen and oxygen atoms in total. The first-order valence-corrected chi connectivity index (χ1v) is 4.19. The van der Waals surface area contributed by atoms with Gasteiger partial charge in [-0.25, -0.2) is 4.39 Å². The Kier molecular flexibility index (Phi) is 3.30. The van der Waals surface area contributed by atoms with Crippen molar-refractivity contribution < 1.29 is 19.0 Å². The number of hydrogen-bond acceptors (Lipinski definition) is 3. The largest absolute Gasteiger partial charge is 0.493 e. The Morgan fingerprint density at radius 3 is 2.14 bits per heavy atom. The topological polar surface area (TPSA) is 38.7 Å². The molecule has 0 saturated heterocycles. The van der Waals surface area contributed by atoms with Crippen LogP contribution in [-0.2, 0) is 0 Å². The van der Waals surface area contributed by atoms with E-state index in [9.17, 15) is 9.50 Å². The number of aliphatic hydroxyl groups is 1. The van der Waals surface area contributed by atoms with Gasteiger partial charge in [0, 0.05) is 11.6 Å². The van der Waals surface area contributed by atoms with E-state index in [-0.39, 0.29) is 5.56 Å². The number of benzene rings is 1. The maximum Gasteiger partial charge on any atom is 0.163 e. The first-order chi connectivity index (χ1) is 6.60. The van der Waals surface area contributed by atoms with E-state index < -0.39 is 11.9 Å². The lowest BCUT2D eigenvalue weighted by Crippen LogP contribution is -1.99. The van der Waals surface area contributed by atoms with Crippen molar-refractivity contribution >= 4 is 0 Å². The summed E-state index contributed by atoms with van der Waals surface area (Å²) in [5, 5.41) is 9.25. The van der Waals surface area contributed by atoms with Crippen molar-refractivity contribution in [3.63, 3.8) is 0 Å². The number of halogens is 1. The number of hydrogen-bond donors (Lipinski definition) is 1. The van der Waals surface area contributed by atoms with Crippen molar-refractivity contribution in [1.82, 2.24) is 0 Å². The zero-order valence-electron chi connectivity index (χ0n) is 8.37. The van der Waals surface area contributed by atoms with E-state index in [1.54, 1.807) is 0 Å². The fourth-order valence-corrected chi connectivity index (χ4v) is 1.19. The molecule has 1 unspecified atom stereocenters. The highest BCUT2D eigenvalue weighted by Crippen LogP contribution is 2.32. The summed E-state index contributed by atoms with van der Waals surface area (Å²) in [7, 11) is 2.89. The predicted octanol–water partition coefficient (Wildman–Crippen LogP) is 1.90. The van der Waals surface area contributed by atoms with Gasteiger partial charge in [-0.2, -0.15) is 0 Å². The Hall–Kier alpha value is -1.29. The molecule has 0 bridgehead atoms. The van der Waals surface area contributed by atoms with E-state index in [2.05, 4.69) is 0 Å². The molecule has 0 saturated carbocycles. The second-order valence-corrected chi connectivity index (χ2v) is 2.90. The molecule has 1 rings (SSSR count). The van der Waals surface area contributed by atoms with Crippen LogP contribution in [0.25, 0.3) is 0 Å². The highest BCUT2D eigenvalue weighted by atomic mass is 19.1. The Morgan fingerprint density at radius 2 is 1.71 bits per heavy atom. The lowest BCUT2D eigenvalue weighted by Gasteiger charge is -2.12. The van der Waals surface area contributed by atoms with Crippen LogP contribution in [0.5, 0.6) is 11.5 Å². The average Bonchev–Trinajstić information content (AvgIpc) is 2.16. The van der Waals surface area contributed by atoms with Crippen molar-refractivity contribution in [2.45, 2.75) is 13.0 Å². The molecule has 0 aliphatic carbocycles. The maximum absolute atomic E-state index is 13.3. The van der Waals surface area contributed by atoms with E-state index in [1.807, 2.05) is 0 Å². The maximum atomic E-state index is 13.3. The molecule has 4 heteroatoms. The molecule has 0 fully saturated rings. The monoisotopic (exact) mass is 200 g/mol. The van der Waals surface area contributed by atoms with Gasteiger partial charge in [-0.15, -0.1) is 0 Å². The summed E-state index contributed by atoms with van der Waals surface area (Å²) in [6, 6.07) is 2.62. The Bertz CT molecular complexity index is 323. The average molecular weight is 200 g/mol. The summed E-state index contributed by atoms with van der Waals surface area (Å²) >= 11 is 0. The molecule has 1 N–H and O–H groups in total. The molecule has 0 aliphatic rings. The Morgan fingerprint density at radius 1 is 1.21 bits per heavy atom. The molecule has 1 atom stereocenters. The van der Waals surface area contributed by atoms with E-state index in [4.69, 9.17) is 9.47 Å². The Labute approximate surface area is 82.1 Å². The Balaban J connectivity index is 3.23. The molecule has 0 spiro atoms. The summed E-state index contributed by atoms with van der Waals surface area (Å²) in [6.45, 7) is 1.49. The third-order valence-electron chi connectivity index (χ3n) is 1.95. The van der Waals surface area contributed by atoms with E-state index in [1.165, 1.54) is 33.3 Å². The van der Waals surface area contributed by atoms with Crippen LogP contribution >= 0.6 is 0 Å². The molecule has 0 aliphatic heterocycles. The van der Waals surface area contributed by atoms with Crippen LogP contribution in [0.3, 0.4) is 0 Å². The van der Waals surface area contributed by atoms with E-state index in [0.717, 1.165) is 0 Å². The highest BCUT2D eigenvalue weighted by molar-refractivity contribution is 5.44. The molecular weight excluding hydrogens is 187 g/mol. The van der Waals surface area contributed by atoms with Gasteiger partial charge in [-0.3, -0.25) is 0 Å². The van der Waals surface area contributed by atoms with E-state index in [0.29, 0.717) is 11.5 Å². The standard InChI is InChI=1S/C10H13FO3/c1-6(12)7-4-9(13-2)10(14-3)5-8(7)11/h4-6,12H,1-3H3. The quantitative estimate of drug-likeness (QED) is 0.809. The fraction of sp³-hybridized carbons (Fsp3) is 0.400. The van der Waals surface area contributed by atoms with Crippen molar-refractivity contribution in [3.05, 3.63) is 23.5 Å². The third-order valence-corrected chi connectivity index (χ3v) is 1.95. The van der Waals surface area contributed by atoms with Crippen LogP contribution in [0.1, 0.15) is 18.6 Å². The number of aliphatic hydroxyl groups excluding tert-OH is 1. The first-order valence-electron chi connectivity index (χ1n) is 4.19. The van der Waals surface area contributed by atoms with Gasteiger partial charge in [-0.1, -0.05) is 0 Å². The van der Waals surface area contributed by atoms with Crippen molar-refractivity contribution in [3.8, 4) is 11.5 Å². The second kappa shape index (κ2) is 4.28. The molecule has 1 aromatic rings. The minimum atomic E-state index is -0.866. The lowest BCUT2D eigenvalue weighted by molar-refractivity contribution is 0.193. The van der Waals surface area contributed by atoms with Gasteiger partial charge in [0.25, 0.3) is 0 Å². The minimum Gasteiger partial charge on any atom is -0.493 e. The normalized spacial score (nSPS) is 12.4. The molecule has 0 radical (unpaired) electrons. The summed E-state index contributed by atoms with van der Waals surface area (Å²) in [4.78, 5) is 0. The zero-order chi connectivity index (χ0) is 10.7. The molecule has 1 aromatic carbocycles. The van der Waals surface area contributed by atoms with Crippen LogP contribution in [0, 0.1) is 5.82 Å². The van der Waals surface area contributed by atoms with Crippen LogP contribution in [0.4, 0.5) is 4.39 Å². The smallest absolute Gasteiger partial charge is 0.163 e. The van der Waals surface area contributed by atoms with Gasteiger partial charge in [0.2, 0.25) is 0 Å². The number of methoxy groups -OCH3 is 2. The zero-order valence-corrected chi connectivity index (χ0v) is 8.37. The van der Waals surface area contributed by atoms with Gasteiger partial charge in [0.15, 0.2) is 11.5 Å². The molecule has 78 valence electrons. The second-order valence-electron chi connectivity index (χ2n) is 2.90. The van der Waals surface area contributed by atoms with Gasteiger partial charge < -0.3 is 14.6 Å². The van der Waals surface area contributed by atoms with Gasteiger partial charge in [0.1, 0.15) is 5.82 Å². The van der Waals surface area contributed by atoms with Gasteiger partial charge in [0.05, 0.1) is 20.3 Å². The van der Waals surface area contributed by atoms with Crippen molar-refractivity contribution in [2.75, 3.05) is 14.2 Å². The SMILES string of the molecule is COc1cc(F)c(C(C)O)cc1OC. The van der Waals surface area contributed by atoms with Gasteiger partial charge >= 0.3 is 0 Å². The number of ether oxygens (including phenoxy) is 2. The molecular formula is C10H13FO3. The minimum absolute atomic E-state index is 0.197. The summed E-state index contributed by atoms with van der Waals surface area (Å²) in [6.07, 6.45) is -0.866. The van der Waals surface area contributed by atoms with Crippen LogP contribution in [0.2, 0.25) is 0 Å². The molecule has 0 aromatic heterocycles. The van der Waals surface area contributed by atoms with Crippen molar-refractivity contribution in [1.29, 1.82) is 0 Å². The summed E-state index contributed by atoms with van der Waals surface area (Å²) < 4.78 is 23.2. The van der Waals surface area contributed by atoms with E-state index >= 15 is 0 Å². The molecule has 14 heavy (non-hydrogen) atoms. The van der Waals surface area contributed by atoms with Gasteiger partial charge in [-0.05, 0) is 13.0 Å². The molecule has 0 heterocycles. The first kappa shape index (κ1) is 10.8.